The summed E-state index contributed by atoms with van der Waals surface area (Å²) in [6.45, 7) is 8.36. The van der Waals surface area contributed by atoms with Gasteiger partial charge in [-0.3, -0.25) is 9.59 Å². The monoisotopic (exact) mass is 485 g/mol. The van der Waals surface area contributed by atoms with Gasteiger partial charge in [0.15, 0.2) is 5.84 Å². The number of amidine groups is 1. The third-order valence-corrected chi connectivity index (χ3v) is 7.34. The van der Waals surface area contributed by atoms with Crippen LogP contribution in [0.5, 0.6) is 5.75 Å². The molecule has 0 saturated carbocycles. The van der Waals surface area contributed by atoms with Gasteiger partial charge in [-0.15, -0.1) is 0 Å². The molecule has 2 amide bonds. The van der Waals surface area contributed by atoms with Crippen molar-refractivity contribution in [2.45, 2.75) is 26.3 Å². The molecule has 0 radical (unpaired) electrons. The fraction of sp³-hybridized carbons (Fsp3) is 0.357. The smallest absolute Gasteiger partial charge is 0.256 e. The van der Waals surface area contributed by atoms with Gasteiger partial charge in [-0.2, -0.15) is 0 Å². The van der Waals surface area contributed by atoms with E-state index in [-0.39, 0.29) is 17.7 Å². The summed E-state index contributed by atoms with van der Waals surface area (Å²) in [6.07, 6.45) is 0. The summed E-state index contributed by atoms with van der Waals surface area (Å²) in [4.78, 5) is 40.3. The maximum absolute atomic E-state index is 13.8. The third kappa shape index (κ3) is 4.17. The first-order valence-electron chi connectivity index (χ1n) is 12.3. The summed E-state index contributed by atoms with van der Waals surface area (Å²) in [6, 6.07) is 17.5. The molecule has 0 spiro atoms. The lowest BCUT2D eigenvalue weighted by atomic mass is 9.89. The van der Waals surface area contributed by atoms with Crippen LogP contribution in [0.15, 0.2) is 59.6 Å². The molecule has 36 heavy (non-hydrogen) atoms. The van der Waals surface area contributed by atoms with Gasteiger partial charge in [-0.25, -0.2) is 9.98 Å². The van der Waals surface area contributed by atoms with Gasteiger partial charge in [0, 0.05) is 37.3 Å². The van der Waals surface area contributed by atoms with Gasteiger partial charge in [-0.1, -0.05) is 32.0 Å². The lowest BCUT2D eigenvalue weighted by Crippen LogP contribution is -2.49. The molecule has 2 aliphatic rings. The molecular weight excluding hydrogens is 454 g/mol. The number of hydrogen-bond donors (Lipinski definition) is 1. The topological polar surface area (TPSA) is 87.1 Å². The Morgan fingerprint density at radius 3 is 2.39 bits per heavy atom. The molecule has 1 saturated heterocycles. The average Bonchev–Trinajstić information content (AvgIpc) is 3.23. The molecule has 1 aromatic heterocycles. The van der Waals surface area contributed by atoms with Crippen molar-refractivity contribution < 1.29 is 14.3 Å². The minimum absolute atomic E-state index is 0.000593. The molecule has 5 rings (SSSR count). The maximum Gasteiger partial charge on any atom is 0.256 e. The van der Waals surface area contributed by atoms with Crippen molar-refractivity contribution >= 4 is 34.2 Å². The average molecular weight is 486 g/mol. The zero-order valence-electron chi connectivity index (χ0n) is 21.1. The Labute approximate surface area is 211 Å². The Hall–Kier alpha value is -3.94. The van der Waals surface area contributed by atoms with Crippen molar-refractivity contribution in [1.29, 1.82) is 0 Å². The van der Waals surface area contributed by atoms with Crippen molar-refractivity contribution in [1.82, 2.24) is 15.2 Å². The Kier molecular flexibility index (Phi) is 6.12. The fourth-order valence-electron chi connectivity index (χ4n) is 4.64. The number of fused-ring (bicyclic) bond motifs is 1. The zero-order valence-corrected chi connectivity index (χ0v) is 21.1. The summed E-state index contributed by atoms with van der Waals surface area (Å²) in [5.74, 6) is 0.906. The number of piperazine rings is 1. The Morgan fingerprint density at radius 1 is 1.06 bits per heavy atom. The van der Waals surface area contributed by atoms with E-state index < -0.39 is 5.54 Å². The number of benzene rings is 2. The molecule has 1 unspecified atom stereocenters. The predicted octanol–water partition coefficient (Wildman–Crippen LogP) is 3.50. The number of nitrogens with one attached hydrogen (secondary N) is 1. The number of ether oxygens (including phenoxy) is 1. The van der Waals surface area contributed by atoms with Crippen LogP contribution in [0.3, 0.4) is 0 Å². The molecule has 186 valence electrons. The van der Waals surface area contributed by atoms with E-state index in [0.717, 1.165) is 35.4 Å². The highest BCUT2D eigenvalue weighted by Gasteiger charge is 2.43. The highest BCUT2D eigenvalue weighted by Crippen LogP contribution is 2.29. The van der Waals surface area contributed by atoms with E-state index >= 15 is 0 Å². The zero-order chi connectivity index (χ0) is 25.4. The number of pyridine rings is 1. The van der Waals surface area contributed by atoms with Gasteiger partial charge < -0.3 is 19.9 Å². The number of nitrogens with zero attached hydrogens (tertiary/aromatic N) is 4. The highest BCUT2D eigenvalue weighted by molar-refractivity contribution is 6.19. The van der Waals surface area contributed by atoms with E-state index in [0.29, 0.717) is 30.2 Å². The van der Waals surface area contributed by atoms with Crippen molar-refractivity contribution in [3.8, 4) is 5.75 Å². The SMILES string of the molecule is COc1ccc(N2CCN(C(=O)c3cc4ccccc4nc3C3=NC(C)(C(C)C)C(=O)N3)CC2)cc1. The largest absolute Gasteiger partial charge is 0.497 e. The van der Waals surface area contributed by atoms with E-state index in [9.17, 15) is 9.59 Å². The molecule has 1 fully saturated rings. The summed E-state index contributed by atoms with van der Waals surface area (Å²) in [5.41, 5.74) is 1.84. The van der Waals surface area contributed by atoms with Crippen LogP contribution >= 0.6 is 0 Å². The van der Waals surface area contributed by atoms with Crippen LogP contribution in [0.25, 0.3) is 10.9 Å². The van der Waals surface area contributed by atoms with Gasteiger partial charge in [0.2, 0.25) is 0 Å². The van der Waals surface area contributed by atoms with Gasteiger partial charge in [0.1, 0.15) is 17.0 Å². The molecule has 3 heterocycles. The highest BCUT2D eigenvalue weighted by atomic mass is 16.5. The number of amides is 2. The standard InChI is InChI=1S/C28H31N5O3/c1-18(2)28(3)27(35)30-25(31-28)24-22(17-19-7-5-6-8-23(19)29-24)26(34)33-15-13-32(14-16-33)20-9-11-21(36-4)12-10-20/h5-12,17-18H,13-16H2,1-4H3,(H,30,31,35). The Balaban J connectivity index is 1.44. The minimum Gasteiger partial charge on any atom is -0.497 e. The van der Waals surface area contributed by atoms with Gasteiger partial charge in [-0.05, 0) is 49.2 Å². The minimum atomic E-state index is -0.896. The van der Waals surface area contributed by atoms with Crippen molar-refractivity contribution in [2.24, 2.45) is 10.9 Å². The molecule has 1 N–H and O–H groups in total. The molecule has 0 aliphatic carbocycles. The summed E-state index contributed by atoms with van der Waals surface area (Å²) in [7, 11) is 1.65. The second-order valence-corrected chi connectivity index (χ2v) is 9.77. The first-order valence-corrected chi connectivity index (χ1v) is 12.3. The van der Waals surface area contributed by atoms with Crippen LogP contribution in [0.1, 0.15) is 36.8 Å². The summed E-state index contributed by atoms with van der Waals surface area (Å²) < 4.78 is 5.26. The molecule has 3 aromatic rings. The number of carbonyl (C=O) groups is 2. The molecule has 8 heteroatoms. The van der Waals surface area contributed by atoms with Crippen LogP contribution < -0.4 is 15.0 Å². The number of anilines is 1. The second kappa shape index (κ2) is 9.26. The summed E-state index contributed by atoms with van der Waals surface area (Å²) >= 11 is 0. The Morgan fingerprint density at radius 2 is 1.75 bits per heavy atom. The fourth-order valence-corrected chi connectivity index (χ4v) is 4.64. The van der Waals surface area contributed by atoms with Crippen LogP contribution in [0.2, 0.25) is 0 Å². The molecular formula is C28H31N5O3. The molecule has 1 atom stereocenters. The van der Waals surface area contributed by atoms with Crippen LogP contribution in [-0.2, 0) is 4.79 Å². The van der Waals surface area contributed by atoms with Crippen LogP contribution in [0.4, 0.5) is 5.69 Å². The number of carbonyl (C=O) groups excluding carboxylic acids is 2. The maximum atomic E-state index is 13.8. The lowest BCUT2D eigenvalue weighted by molar-refractivity contribution is -0.124. The number of aliphatic imine (C=N–C) groups is 1. The van der Waals surface area contributed by atoms with Crippen molar-refractivity contribution in [2.75, 3.05) is 38.2 Å². The first kappa shape index (κ1) is 23.8. The van der Waals surface area contributed by atoms with E-state index in [1.165, 1.54) is 0 Å². The number of hydrogen-bond acceptors (Lipinski definition) is 6. The Bertz CT molecular complexity index is 1340. The second-order valence-electron chi connectivity index (χ2n) is 9.77. The molecule has 2 aromatic carbocycles. The van der Waals surface area contributed by atoms with Gasteiger partial charge in [0.05, 0.1) is 18.2 Å². The quantitative estimate of drug-likeness (QED) is 0.598. The van der Waals surface area contributed by atoms with Gasteiger partial charge in [0.25, 0.3) is 11.8 Å². The van der Waals surface area contributed by atoms with E-state index in [1.807, 2.05) is 80.3 Å². The number of para-hydroxylation sites is 1. The third-order valence-electron chi connectivity index (χ3n) is 7.34. The van der Waals surface area contributed by atoms with Crippen molar-refractivity contribution in [3.63, 3.8) is 0 Å². The molecule has 0 bridgehead atoms. The first-order chi connectivity index (χ1) is 17.3. The normalized spacial score (nSPS) is 20.0. The lowest BCUT2D eigenvalue weighted by Gasteiger charge is -2.36. The van der Waals surface area contributed by atoms with E-state index in [1.54, 1.807) is 7.11 Å². The number of rotatable bonds is 5. The van der Waals surface area contributed by atoms with Crippen LogP contribution in [0, 0.1) is 5.92 Å². The summed E-state index contributed by atoms with van der Waals surface area (Å²) in [5, 5.41) is 3.78. The number of aromatic nitrogens is 1. The molecule has 8 nitrogen and oxygen atoms in total. The van der Waals surface area contributed by atoms with Crippen LogP contribution in [-0.4, -0.2) is 66.4 Å². The van der Waals surface area contributed by atoms with E-state index in [4.69, 9.17) is 14.7 Å². The van der Waals surface area contributed by atoms with E-state index in [2.05, 4.69) is 10.2 Å². The number of methoxy groups -OCH3 is 1. The van der Waals surface area contributed by atoms with Crippen molar-refractivity contribution in [3.05, 3.63) is 65.9 Å². The predicted molar refractivity (Wildman–Crippen MR) is 141 cm³/mol. The molecule has 2 aliphatic heterocycles. The van der Waals surface area contributed by atoms with Gasteiger partial charge >= 0.3 is 0 Å².